The largest absolute Gasteiger partial charge is 0.490 e. The van der Waals surface area contributed by atoms with E-state index in [1.165, 1.54) is 13.0 Å². The summed E-state index contributed by atoms with van der Waals surface area (Å²) in [6, 6.07) is 12.6. The highest BCUT2D eigenvalue weighted by Crippen LogP contribution is 2.27. The molecule has 3 rings (SSSR count). The van der Waals surface area contributed by atoms with Crippen LogP contribution in [0.4, 0.5) is 5.13 Å². The Hall–Kier alpha value is -3.46. The van der Waals surface area contributed by atoms with Gasteiger partial charge in [-0.15, -0.1) is 0 Å². The van der Waals surface area contributed by atoms with Gasteiger partial charge in [0, 0.05) is 11.5 Å². The molecule has 2 aromatic carbocycles. The highest BCUT2D eigenvalue weighted by atomic mass is 35.5. The number of ether oxygens (including phenoxy) is 2. The Kier molecular flexibility index (Phi) is 9.03. The summed E-state index contributed by atoms with van der Waals surface area (Å²) in [6.45, 7) is 6.05. The van der Waals surface area contributed by atoms with E-state index in [4.69, 9.17) is 21.1 Å². The van der Waals surface area contributed by atoms with Crippen molar-refractivity contribution in [3.05, 3.63) is 63.7 Å². The maximum absolute atomic E-state index is 12.5. The van der Waals surface area contributed by atoms with Gasteiger partial charge in [-0.25, -0.2) is 8.42 Å². The van der Waals surface area contributed by atoms with E-state index >= 15 is 0 Å². The Labute approximate surface area is 218 Å². The second-order valence-corrected chi connectivity index (χ2v) is 10.9. The molecule has 9 nitrogen and oxygen atoms in total. The van der Waals surface area contributed by atoms with Crippen LogP contribution in [0.25, 0.3) is 6.08 Å². The molecule has 1 aromatic heterocycles. The van der Waals surface area contributed by atoms with E-state index in [9.17, 15) is 18.5 Å². The predicted molar refractivity (Wildman–Crippen MR) is 138 cm³/mol. The standard InChI is InChI=1S/C24H23ClN4O5S2/c1-4-36(31,32)24-28-23(35-29-24)27-22(30)18(14-26)12-17-6-8-21(19(25)13-17)34-10-9-33-20-7-5-15(2)11-16(20)3/h5-8,11-13H,4,9-10H2,1-3H3,(H,27,28,29,30)/b18-12-. The van der Waals surface area contributed by atoms with E-state index in [0.29, 0.717) is 34.5 Å². The second kappa shape index (κ2) is 12.0. The number of nitriles is 1. The minimum absolute atomic E-state index is 0.0296. The van der Waals surface area contributed by atoms with Crippen LogP contribution in [0.2, 0.25) is 5.02 Å². The average Bonchev–Trinajstić information content (AvgIpc) is 3.31. The molecule has 1 N–H and O–H groups in total. The molecule has 188 valence electrons. The summed E-state index contributed by atoms with van der Waals surface area (Å²) in [5, 5.41) is 11.7. The average molecular weight is 547 g/mol. The van der Waals surface area contributed by atoms with Crippen molar-refractivity contribution in [1.82, 2.24) is 9.36 Å². The zero-order valence-corrected chi connectivity index (χ0v) is 22.1. The molecule has 1 amide bonds. The van der Waals surface area contributed by atoms with Crippen molar-refractivity contribution in [2.75, 3.05) is 24.3 Å². The van der Waals surface area contributed by atoms with Crippen molar-refractivity contribution in [2.24, 2.45) is 0 Å². The number of benzene rings is 2. The van der Waals surface area contributed by atoms with Gasteiger partial charge in [0.05, 0.1) is 10.8 Å². The van der Waals surface area contributed by atoms with Crippen molar-refractivity contribution in [1.29, 1.82) is 5.26 Å². The molecule has 0 aliphatic heterocycles. The Morgan fingerprint density at radius 3 is 2.50 bits per heavy atom. The second-order valence-electron chi connectivity index (χ2n) is 7.57. The smallest absolute Gasteiger partial charge is 0.268 e. The van der Waals surface area contributed by atoms with E-state index < -0.39 is 15.7 Å². The fraction of sp³-hybridized carbons (Fsp3) is 0.250. The van der Waals surface area contributed by atoms with Gasteiger partial charge < -0.3 is 9.47 Å². The zero-order chi connectivity index (χ0) is 26.3. The lowest BCUT2D eigenvalue weighted by molar-refractivity contribution is -0.112. The lowest BCUT2D eigenvalue weighted by Gasteiger charge is -2.12. The summed E-state index contributed by atoms with van der Waals surface area (Å²) in [4.78, 5) is 16.3. The van der Waals surface area contributed by atoms with Crippen LogP contribution in [0, 0.1) is 25.2 Å². The molecular formula is C24H23ClN4O5S2. The van der Waals surface area contributed by atoms with Gasteiger partial charge >= 0.3 is 0 Å². The summed E-state index contributed by atoms with van der Waals surface area (Å²) >= 11 is 7.02. The topological polar surface area (TPSA) is 131 Å². The van der Waals surface area contributed by atoms with Crippen LogP contribution in [0.1, 0.15) is 23.6 Å². The van der Waals surface area contributed by atoms with Gasteiger partial charge in [-0.1, -0.05) is 42.3 Å². The SMILES string of the molecule is CCS(=O)(=O)c1nsc(NC(=O)/C(C#N)=C\c2ccc(OCCOc3ccc(C)cc3C)c(Cl)c2)n1. The van der Waals surface area contributed by atoms with Crippen LogP contribution < -0.4 is 14.8 Å². The molecule has 0 bridgehead atoms. The number of rotatable bonds is 10. The molecule has 0 spiro atoms. The number of nitrogens with zero attached hydrogens (tertiary/aromatic N) is 3. The molecule has 36 heavy (non-hydrogen) atoms. The van der Waals surface area contributed by atoms with Gasteiger partial charge in [-0.05, 0) is 49.2 Å². The summed E-state index contributed by atoms with van der Waals surface area (Å²) in [7, 11) is -3.60. The number of anilines is 1. The number of aryl methyl sites for hydroxylation is 2. The molecule has 3 aromatic rings. The number of amides is 1. The Balaban J connectivity index is 1.60. The lowest BCUT2D eigenvalue weighted by Crippen LogP contribution is -2.13. The Morgan fingerprint density at radius 1 is 1.17 bits per heavy atom. The summed E-state index contributed by atoms with van der Waals surface area (Å²) in [5.41, 5.74) is 2.47. The fourth-order valence-electron chi connectivity index (χ4n) is 2.98. The van der Waals surface area contributed by atoms with Gasteiger partial charge in [-0.3, -0.25) is 10.1 Å². The highest BCUT2D eigenvalue weighted by molar-refractivity contribution is 7.91. The molecule has 0 saturated heterocycles. The first kappa shape index (κ1) is 27.1. The maximum atomic E-state index is 12.5. The van der Waals surface area contributed by atoms with E-state index in [2.05, 4.69) is 14.7 Å². The van der Waals surface area contributed by atoms with Gasteiger partial charge in [0.15, 0.2) is 0 Å². The Bertz CT molecular complexity index is 1440. The first-order valence-corrected chi connectivity index (χ1v) is 13.6. The number of hydrogen-bond donors (Lipinski definition) is 1. The third kappa shape index (κ3) is 7.04. The van der Waals surface area contributed by atoms with E-state index in [1.54, 1.807) is 18.2 Å². The Morgan fingerprint density at radius 2 is 1.86 bits per heavy atom. The molecule has 0 atom stereocenters. The fourth-order valence-corrected chi connectivity index (χ4v) is 4.81. The van der Waals surface area contributed by atoms with Crippen LogP contribution in [0.5, 0.6) is 11.5 Å². The first-order valence-electron chi connectivity index (χ1n) is 10.7. The monoisotopic (exact) mass is 546 g/mol. The third-order valence-electron chi connectivity index (χ3n) is 4.85. The summed E-state index contributed by atoms with van der Waals surface area (Å²) in [6.07, 6.45) is 1.35. The number of hydrogen-bond acceptors (Lipinski definition) is 9. The minimum Gasteiger partial charge on any atom is -0.490 e. The molecule has 0 aliphatic carbocycles. The summed E-state index contributed by atoms with van der Waals surface area (Å²) in [5.74, 6) is 0.295. The number of carbonyl (C=O) groups excluding carboxylic acids is 1. The van der Waals surface area contributed by atoms with Crippen LogP contribution in [0.3, 0.4) is 0 Å². The van der Waals surface area contributed by atoms with Gasteiger partial charge in [0.1, 0.15) is 36.4 Å². The molecule has 0 aliphatic rings. The summed E-state index contributed by atoms with van der Waals surface area (Å²) < 4.78 is 38.9. The van der Waals surface area contributed by atoms with Gasteiger partial charge in [0.25, 0.3) is 11.1 Å². The quantitative estimate of drug-likeness (QED) is 0.221. The van der Waals surface area contributed by atoms with Crippen LogP contribution in [-0.4, -0.2) is 42.6 Å². The highest BCUT2D eigenvalue weighted by Gasteiger charge is 2.20. The number of aromatic nitrogens is 2. The molecule has 0 radical (unpaired) electrons. The minimum atomic E-state index is -3.60. The normalized spacial score (nSPS) is 11.6. The van der Waals surface area contributed by atoms with Gasteiger partial charge in [0.2, 0.25) is 15.0 Å². The van der Waals surface area contributed by atoms with Crippen molar-refractivity contribution < 1.29 is 22.7 Å². The van der Waals surface area contributed by atoms with Crippen molar-refractivity contribution in [2.45, 2.75) is 25.9 Å². The number of sulfone groups is 1. The molecular weight excluding hydrogens is 524 g/mol. The number of nitrogens with one attached hydrogen (secondary N) is 1. The van der Waals surface area contributed by atoms with Crippen LogP contribution in [-0.2, 0) is 14.6 Å². The first-order chi connectivity index (χ1) is 17.1. The predicted octanol–water partition coefficient (Wildman–Crippen LogP) is 4.61. The van der Waals surface area contributed by atoms with Crippen LogP contribution >= 0.6 is 23.1 Å². The van der Waals surface area contributed by atoms with Crippen molar-refractivity contribution in [3.63, 3.8) is 0 Å². The van der Waals surface area contributed by atoms with Gasteiger partial charge in [-0.2, -0.15) is 14.6 Å². The molecule has 0 saturated carbocycles. The molecule has 1 heterocycles. The maximum Gasteiger partial charge on any atom is 0.268 e. The van der Waals surface area contributed by atoms with Crippen molar-refractivity contribution >= 4 is 50.1 Å². The molecule has 0 fully saturated rings. The van der Waals surface area contributed by atoms with Crippen molar-refractivity contribution in [3.8, 4) is 17.6 Å². The molecule has 12 heteroatoms. The molecule has 0 unspecified atom stereocenters. The number of halogens is 1. The van der Waals surface area contributed by atoms with E-state index in [-0.39, 0.29) is 28.2 Å². The zero-order valence-electron chi connectivity index (χ0n) is 19.7. The van der Waals surface area contributed by atoms with E-state index in [1.807, 2.05) is 38.1 Å². The van der Waals surface area contributed by atoms with Crippen LogP contribution in [0.15, 0.2) is 47.1 Å². The lowest BCUT2D eigenvalue weighted by atomic mass is 10.1. The third-order valence-corrected chi connectivity index (χ3v) is 7.39. The van der Waals surface area contributed by atoms with E-state index in [0.717, 1.165) is 16.9 Å². The number of carbonyl (C=O) groups is 1.